The van der Waals surface area contributed by atoms with Crippen LogP contribution in [0, 0.1) is 6.92 Å². The zero-order valence-corrected chi connectivity index (χ0v) is 15.2. The summed E-state index contributed by atoms with van der Waals surface area (Å²) in [4.78, 5) is 35.0. The van der Waals surface area contributed by atoms with Crippen LogP contribution in [0.25, 0.3) is 0 Å². The fourth-order valence-electron chi connectivity index (χ4n) is 2.23. The molecule has 0 heterocycles. The van der Waals surface area contributed by atoms with Crippen LogP contribution < -0.4 is 15.8 Å². The molecule has 2 aromatic rings. The molecular formula is C20H22N2O5. The Bertz CT molecular complexity index is 817. The Balaban J connectivity index is 1.75. The molecule has 0 fully saturated rings. The van der Waals surface area contributed by atoms with Gasteiger partial charge in [-0.3, -0.25) is 14.4 Å². The minimum Gasteiger partial charge on any atom is -0.493 e. The Morgan fingerprint density at radius 1 is 1.11 bits per heavy atom. The van der Waals surface area contributed by atoms with Crippen LogP contribution in [-0.4, -0.2) is 30.5 Å². The van der Waals surface area contributed by atoms with Crippen LogP contribution in [0.4, 0.5) is 5.69 Å². The first-order valence-electron chi connectivity index (χ1n) is 8.45. The summed E-state index contributed by atoms with van der Waals surface area (Å²) in [5, 5.41) is 2.60. The van der Waals surface area contributed by atoms with Gasteiger partial charge < -0.3 is 20.5 Å². The summed E-state index contributed by atoms with van der Waals surface area (Å²) >= 11 is 0. The maximum Gasteiger partial charge on any atom is 0.310 e. The van der Waals surface area contributed by atoms with Crippen LogP contribution in [0.1, 0.15) is 29.3 Å². The minimum atomic E-state index is -0.965. The van der Waals surface area contributed by atoms with Crippen LogP contribution in [0.2, 0.25) is 0 Å². The Morgan fingerprint density at radius 2 is 1.81 bits per heavy atom. The molecule has 0 bridgehead atoms. The number of primary amides is 1. The number of hydrogen-bond donors (Lipinski definition) is 2. The lowest BCUT2D eigenvalue weighted by Gasteiger charge is -2.14. The third kappa shape index (κ3) is 6.47. The van der Waals surface area contributed by atoms with Gasteiger partial charge in [-0.05, 0) is 55.8 Å². The zero-order valence-electron chi connectivity index (χ0n) is 15.2. The van der Waals surface area contributed by atoms with Crippen LogP contribution in [0.3, 0.4) is 0 Å². The topological polar surface area (TPSA) is 108 Å². The second kappa shape index (κ2) is 9.38. The Kier molecular flexibility index (Phi) is 6.93. The summed E-state index contributed by atoms with van der Waals surface area (Å²) in [5.74, 6) is -0.889. The largest absolute Gasteiger partial charge is 0.493 e. The van der Waals surface area contributed by atoms with Gasteiger partial charge in [0.15, 0.2) is 6.10 Å². The molecule has 0 saturated heterocycles. The first kappa shape index (κ1) is 20.0. The lowest BCUT2D eigenvalue weighted by molar-refractivity contribution is -0.153. The number of esters is 1. The summed E-state index contributed by atoms with van der Waals surface area (Å²) in [5.41, 5.74) is 7.02. The number of carbonyl (C=O) groups excluding carboxylic acids is 3. The minimum absolute atomic E-state index is 0.0267. The van der Waals surface area contributed by atoms with Crippen molar-refractivity contribution in [3.05, 3.63) is 59.7 Å². The third-order valence-electron chi connectivity index (χ3n) is 3.68. The molecule has 2 amide bonds. The Morgan fingerprint density at radius 3 is 2.44 bits per heavy atom. The standard InChI is InChI=1S/C20H22N2O5/c1-13-4-3-5-17(12-13)26-11-10-18(23)27-14(2)20(25)22-16-8-6-15(7-9-16)19(21)24/h3-9,12,14H,10-11H2,1-2H3,(H2,21,24)(H,22,25)/t14-/m0/s1. The predicted octanol–water partition coefficient (Wildman–Crippen LogP) is 2.43. The van der Waals surface area contributed by atoms with E-state index in [9.17, 15) is 14.4 Å². The highest BCUT2D eigenvalue weighted by Crippen LogP contribution is 2.13. The van der Waals surface area contributed by atoms with Crippen molar-refractivity contribution in [3.63, 3.8) is 0 Å². The van der Waals surface area contributed by atoms with E-state index in [0.717, 1.165) is 5.56 Å². The van der Waals surface area contributed by atoms with Crippen molar-refractivity contribution in [2.45, 2.75) is 26.4 Å². The molecule has 0 aliphatic rings. The molecule has 0 aliphatic heterocycles. The summed E-state index contributed by atoms with van der Waals surface area (Å²) in [7, 11) is 0. The van der Waals surface area contributed by atoms with Gasteiger partial charge >= 0.3 is 5.97 Å². The third-order valence-corrected chi connectivity index (χ3v) is 3.68. The summed E-state index contributed by atoms with van der Waals surface area (Å²) in [6.07, 6.45) is -0.939. The second-order valence-corrected chi connectivity index (χ2v) is 5.98. The molecule has 7 nitrogen and oxygen atoms in total. The number of carbonyl (C=O) groups is 3. The van der Waals surface area contributed by atoms with E-state index in [4.69, 9.17) is 15.2 Å². The van der Waals surface area contributed by atoms with Gasteiger partial charge in [0.1, 0.15) is 5.75 Å². The average Bonchev–Trinajstić information content (AvgIpc) is 2.62. The maximum atomic E-state index is 12.1. The quantitative estimate of drug-likeness (QED) is 0.694. The van der Waals surface area contributed by atoms with Crippen LogP contribution in [-0.2, 0) is 14.3 Å². The van der Waals surface area contributed by atoms with Crippen molar-refractivity contribution in [1.82, 2.24) is 0 Å². The predicted molar refractivity (Wildman–Crippen MR) is 100 cm³/mol. The number of anilines is 1. The molecule has 0 aromatic heterocycles. The van der Waals surface area contributed by atoms with E-state index in [1.165, 1.54) is 19.1 Å². The Labute approximate surface area is 157 Å². The molecule has 3 N–H and O–H groups in total. The van der Waals surface area contributed by atoms with Gasteiger partial charge in [0, 0.05) is 11.3 Å². The SMILES string of the molecule is Cc1cccc(OCCC(=O)O[C@@H](C)C(=O)Nc2ccc(C(N)=O)cc2)c1. The highest BCUT2D eigenvalue weighted by Gasteiger charge is 2.18. The van der Waals surface area contributed by atoms with E-state index in [0.29, 0.717) is 17.0 Å². The van der Waals surface area contributed by atoms with E-state index < -0.39 is 23.9 Å². The monoisotopic (exact) mass is 370 g/mol. The van der Waals surface area contributed by atoms with Gasteiger partial charge in [-0.15, -0.1) is 0 Å². The van der Waals surface area contributed by atoms with Crippen molar-refractivity contribution >= 4 is 23.5 Å². The smallest absolute Gasteiger partial charge is 0.310 e. The molecule has 27 heavy (non-hydrogen) atoms. The normalized spacial score (nSPS) is 11.3. The molecule has 142 valence electrons. The average molecular weight is 370 g/mol. The molecule has 2 rings (SSSR count). The van der Waals surface area contributed by atoms with E-state index in [2.05, 4.69) is 5.32 Å². The first-order valence-corrected chi connectivity index (χ1v) is 8.45. The number of nitrogens with two attached hydrogens (primary N) is 1. The van der Waals surface area contributed by atoms with Gasteiger partial charge in [-0.2, -0.15) is 0 Å². The fourth-order valence-corrected chi connectivity index (χ4v) is 2.23. The van der Waals surface area contributed by atoms with Crippen molar-refractivity contribution < 1.29 is 23.9 Å². The number of nitrogens with one attached hydrogen (secondary N) is 1. The van der Waals surface area contributed by atoms with E-state index in [1.54, 1.807) is 18.2 Å². The molecule has 0 radical (unpaired) electrons. The summed E-state index contributed by atoms with van der Waals surface area (Å²) in [6, 6.07) is 13.6. The molecule has 2 aromatic carbocycles. The van der Waals surface area contributed by atoms with Crippen molar-refractivity contribution in [2.75, 3.05) is 11.9 Å². The Hall–Kier alpha value is -3.35. The van der Waals surface area contributed by atoms with Crippen LogP contribution in [0.5, 0.6) is 5.75 Å². The highest BCUT2D eigenvalue weighted by molar-refractivity contribution is 5.96. The fraction of sp³-hybridized carbons (Fsp3) is 0.250. The molecule has 0 aliphatic carbocycles. The van der Waals surface area contributed by atoms with Gasteiger partial charge in [0.25, 0.3) is 5.91 Å². The zero-order chi connectivity index (χ0) is 19.8. The number of ether oxygens (including phenoxy) is 2. The molecule has 0 saturated carbocycles. The van der Waals surface area contributed by atoms with Gasteiger partial charge in [0.05, 0.1) is 13.0 Å². The lowest BCUT2D eigenvalue weighted by Crippen LogP contribution is -2.30. The lowest BCUT2D eigenvalue weighted by atomic mass is 10.2. The van der Waals surface area contributed by atoms with Gasteiger partial charge in [-0.25, -0.2) is 0 Å². The summed E-state index contributed by atoms with van der Waals surface area (Å²) < 4.78 is 10.6. The molecule has 7 heteroatoms. The number of hydrogen-bond acceptors (Lipinski definition) is 5. The van der Waals surface area contributed by atoms with Crippen molar-refractivity contribution in [2.24, 2.45) is 5.73 Å². The summed E-state index contributed by atoms with van der Waals surface area (Å²) in [6.45, 7) is 3.58. The van der Waals surface area contributed by atoms with Gasteiger partial charge in [-0.1, -0.05) is 12.1 Å². The number of rotatable bonds is 8. The van der Waals surface area contributed by atoms with Crippen LogP contribution in [0.15, 0.2) is 48.5 Å². The molecular weight excluding hydrogens is 348 g/mol. The van der Waals surface area contributed by atoms with E-state index in [-0.39, 0.29) is 13.0 Å². The molecule has 0 unspecified atom stereocenters. The molecule has 1 atom stereocenters. The van der Waals surface area contributed by atoms with Crippen LogP contribution >= 0.6 is 0 Å². The van der Waals surface area contributed by atoms with Gasteiger partial charge in [0.2, 0.25) is 5.91 Å². The number of benzene rings is 2. The first-order chi connectivity index (χ1) is 12.8. The van der Waals surface area contributed by atoms with Crippen molar-refractivity contribution in [1.29, 1.82) is 0 Å². The van der Waals surface area contributed by atoms with E-state index >= 15 is 0 Å². The number of aryl methyl sites for hydroxylation is 1. The molecule has 0 spiro atoms. The second-order valence-electron chi connectivity index (χ2n) is 5.98. The number of amides is 2. The van der Waals surface area contributed by atoms with E-state index in [1.807, 2.05) is 25.1 Å². The van der Waals surface area contributed by atoms with Crippen molar-refractivity contribution in [3.8, 4) is 5.75 Å². The highest BCUT2D eigenvalue weighted by atomic mass is 16.5. The maximum absolute atomic E-state index is 12.1.